The molecule has 164 valence electrons. The molecule has 3 aromatic rings. The molecule has 0 fully saturated rings. The molecule has 0 aliphatic carbocycles. The lowest BCUT2D eigenvalue weighted by Crippen LogP contribution is -2.46. The molecule has 8 heteroatoms. The molecule has 0 spiro atoms. The van der Waals surface area contributed by atoms with Gasteiger partial charge in [-0.2, -0.15) is 0 Å². The summed E-state index contributed by atoms with van der Waals surface area (Å²) >= 11 is 0. The average Bonchev–Trinajstić information content (AvgIpc) is 3.00. The first-order chi connectivity index (χ1) is 15.3. The smallest absolute Gasteiger partial charge is 0.329 e. The van der Waals surface area contributed by atoms with Crippen molar-refractivity contribution in [3.05, 3.63) is 81.4 Å². The third-order valence-electron chi connectivity index (χ3n) is 5.40. The van der Waals surface area contributed by atoms with Crippen molar-refractivity contribution in [1.82, 2.24) is 14.3 Å². The highest BCUT2D eigenvalue weighted by molar-refractivity contribution is 6.22. The van der Waals surface area contributed by atoms with Gasteiger partial charge in [0.2, 0.25) is 0 Å². The number of benzene rings is 1. The van der Waals surface area contributed by atoms with Crippen LogP contribution in [0, 0.1) is 12.8 Å². The molecular weight excluding hydrogens is 410 g/mol. The minimum Gasteiger partial charge on any atom is -0.458 e. The van der Waals surface area contributed by atoms with Gasteiger partial charge in [0.05, 0.1) is 16.8 Å². The molecule has 1 aromatic carbocycles. The molecule has 1 aliphatic rings. The summed E-state index contributed by atoms with van der Waals surface area (Å²) in [6, 6.07) is 12.0. The maximum atomic E-state index is 13.0. The minimum absolute atomic E-state index is 0.0308. The van der Waals surface area contributed by atoms with Crippen molar-refractivity contribution in [2.45, 2.75) is 39.8 Å². The number of amides is 2. The third-order valence-corrected chi connectivity index (χ3v) is 5.40. The Kier molecular flexibility index (Phi) is 5.61. The molecule has 1 aliphatic heterocycles. The number of ether oxygens (including phenoxy) is 1. The highest BCUT2D eigenvalue weighted by atomic mass is 16.5. The van der Waals surface area contributed by atoms with Crippen LogP contribution in [0.1, 0.15) is 52.4 Å². The van der Waals surface area contributed by atoms with Gasteiger partial charge in [-0.15, -0.1) is 0 Å². The highest BCUT2D eigenvalue weighted by Gasteiger charge is 2.43. The number of carbonyl (C=O) groups excluding carboxylic acids is 3. The lowest BCUT2D eigenvalue weighted by atomic mass is 10.0. The van der Waals surface area contributed by atoms with Crippen molar-refractivity contribution in [2.75, 3.05) is 0 Å². The normalized spacial score (nSPS) is 14.2. The van der Waals surface area contributed by atoms with E-state index in [1.165, 1.54) is 10.5 Å². The second-order valence-corrected chi connectivity index (χ2v) is 8.23. The molecule has 2 amide bonds. The standard InChI is InChI=1S/C24H23N3O5/c1-14(2)11-19(27-22(29)17-8-4-5-9-18(17)23(27)30)24(31)32-13-16-12-21(28)26-15(3)7-6-10-20(26)25-16/h4-10,12,14,19H,11,13H2,1-3H3. The molecule has 0 saturated heterocycles. The van der Waals surface area contributed by atoms with Crippen LogP contribution < -0.4 is 5.56 Å². The van der Waals surface area contributed by atoms with Crippen LogP contribution in [0.15, 0.2) is 53.3 Å². The maximum Gasteiger partial charge on any atom is 0.329 e. The van der Waals surface area contributed by atoms with E-state index in [1.54, 1.807) is 49.4 Å². The van der Waals surface area contributed by atoms with Crippen LogP contribution in [0.2, 0.25) is 0 Å². The summed E-state index contributed by atoms with van der Waals surface area (Å²) in [5, 5.41) is 0. The number of pyridine rings is 1. The van der Waals surface area contributed by atoms with Crippen LogP contribution >= 0.6 is 0 Å². The number of aryl methyl sites for hydroxylation is 1. The van der Waals surface area contributed by atoms with Crippen LogP contribution in [0.5, 0.6) is 0 Å². The fourth-order valence-electron chi connectivity index (χ4n) is 3.92. The SMILES string of the molecule is Cc1cccc2nc(COC(=O)C(CC(C)C)N3C(=O)c4ccccc4C3=O)cc(=O)n12. The number of fused-ring (bicyclic) bond motifs is 2. The number of hydrogen-bond donors (Lipinski definition) is 0. The fraction of sp³-hybridized carbons (Fsp3) is 0.292. The van der Waals surface area contributed by atoms with E-state index in [2.05, 4.69) is 4.98 Å². The summed E-state index contributed by atoms with van der Waals surface area (Å²) < 4.78 is 6.90. The number of aromatic nitrogens is 2. The molecule has 4 rings (SSSR count). The monoisotopic (exact) mass is 433 g/mol. The van der Waals surface area contributed by atoms with E-state index in [4.69, 9.17) is 4.74 Å². The van der Waals surface area contributed by atoms with Gasteiger partial charge in [0.15, 0.2) is 0 Å². The Morgan fingerprint density at radius 3 is 2.28 bits per heavy atom. The van der Waals surface area contributed by atoms with Gasteiger partial charge in [0.1, 0.15) is 18.3 Å². The van der Waals surface area contributed by atoms with Gasteiger partial charge < -0.3 is 4.74 Å². The molecule has 0 N–H and O–H groups in total. The van der Waals surface area contributed by atoms with Crippen molar-refractivity contribution in [1.29, 1.82) is 0 Å². The number of nitrogens with zero attached hydrogens (tertiary/aromatic N) is 3. The quantitative estimate of drug-likeness (QED) is 0.438. The molecule has 32 heavy (non-hydrogen) atoms. The summed E-state index contributed by atoms with van der Waals surface area (Å²) in [5.41, 5.74) is 1.75. The zero-order valence-electron chi connectivity index (χ0n) is 18.1. The van der Waals surface area contributed by atoms with E-state index in [1.807, 2.05) is 13.8 Å². The third kappa shape index (κ3) is 3.79. The molecule has 2 aromatic heterocycles. The van der Waals surface area contributed by atoms with E-state index in [0.717, 1.165) is 10.6 Å². The van der Waals surface area contributed by atoms with Crippen molar-refractivity contribution in [3.63, 3.8) is 0 Å². The van der Waals surface area contributed by atoms with Gasteiger partial charge in [-0.25, -0.2) is 9.78 Å². The number of imide groups is 1. The van der Waals surface area contributed by atoms with Gasteiger partial charge in [-0.05, 0) is 43.5 Å². The first-order valence-corrected chi connectivity index (χ1v) is 10.4. The van der Waals surface area contributed by atoms with Crippen LogP contribution in [-0.2, 0) is 16.1 Å². The first-order valence-electron chi connectivity index (χ1n) is 10.4. The van der Waals surface area contributed by atoms with E-state index >= 15 is 0 Å². The Morgan fingerprint density at radius 2 is 1.66 bits per heavy atom. The summed E-state index contributed by atoms with van der Waals surface area (Å²) in [6.07, 6.45) is 0.261. The van der Waals surface area contributed by atoms with Gasteiger partial charge in [-0.3, -0.25) is 23.7 Å². The van der Waals surface area contributed by atoms with E-state index in [9.17, 15) is 19.2 Å². The van der Waals surface area contributed by atoms with Gasteiger partial charge in [0.25, 0.3) is 17.4 Å². The topological polar surface area (TPSA) is 98.0 Å². The summed E-state index contributed by atoms with van der Waals surface area (Å²) in [7, 11) is 0. The van der Waals surface area contributed by atoms with Crippen LogP contribution in [0.25, 0.3) is 5.65 Å². The maximum absolute atomic E-state index is 13.0. The molecule has 0 bridgehead atoms. The van der Waals surface area contributed by atoms with Crippen molar-refractivity contribution in [2.24, 2.45) is 5.92 Å². The van der Waals surface area contributed by atoms with E-state index in [-0.39, 0.29) is 35.6 Å². The highest BCUT2D eigenvalue weighted by Crippen LogP contribution is 2.27. The average molecular weight is 433 g/mol. The zero-order chi connectivity index (χ0) is 23.0. The number of rotatable bonds is 6. The molecular formula is C24H23N3O5. The van der Waals surface area contributed by atoms with Gasteiger partial charge in [0, 0.05) is 11.8 Å². The largest absolute Gasteiger partial charge is 0.458 e. The van der Waals surface area contributed by atoms with Crippen molar-refractivity contribution < 1.29 is 19.1 Å². The van der Waals surface area contributed by atoms with Gasteiger partial charge in [-0.1, -0.05) is 32.0 Å². The van der Waals surface area contributed by atoms with Crippen LogP contribution in [0.3, 0.4) is 0 Å². The Hall–Kier alpha value is -3.81. The molecule has 3 heterocycles. The second-order valence-electron chi connectivity index (χ2n) is 8.23. The molecule has 0 saturated carbocycles. The Balaban J connectivity index is 1.58. The number of hydrogen-bond acceptors (Lipinski definition) is 6. The first kappa shape index (κ1) is 21.4. The Morgan fingerprint density at radius 1 is 1.00 bits per heavy atom. The fourth-order valence-corrected chi connectivity index (χ4v) is 3.92. The predicted molar refractivity (Wildman–Crippen MR) is 116 cm³/mol. The molecule has 1 unspecified atom stereocenters. The lowest BCUT2D eigenvalue weighted by Gasteiger charge is -2.26. The van der Waals surface area contributed by atoms with E-state index < -0.39 is 23.8 Å². The number of carbonyl (C=O) groups is 3. The van der Waals surface area contributed by atoms with Crippen molar-refractivity contribution in [3.8, 4) is 0 Å². The predicted octanol–water partition coefficient (Wildman–Crippen LogP) is 2.76. The summed E-state index contributed by atoms with van der Waals surface area (Å²) in [5.74, 6) is -1.70. The summed E-state index contributed by atoms with van der Waals surface area (Å²) in [6.45, 7) is 5.35. The second kappa shape index (κ2) is 8.37. The Bertz CT molecular complexity index is 1260. The van der Waals surface area contributed by atoms with E-state index in [0.29, 0.717) is 11.3 Å². The van der Waals surface area contributed by atoms with Crippen LogP contribution in [0.4, 0.5) is 0 Å². The van der Waals surface area contributed by atoms with Crippen molar-refractivity contribution >= 4 is 23.4 Å². The Labute approximate surface area is 184 Å². The molecule has 8 nitrogen and oxygen atoms in total. The number of esters is 1. The molecule has 0 radical (unpaired) electrons. The zero-order valence-corrected chi connectivity index (χ0v) is 18.1. The summed E-state index contributed by atoms with van der Waals surface area (Å²) in [4.78, 5) is 56.6. The lowest BCUT2D eigenvalue weighted by molar-refractivity contribution is -0.150. The molecule has 1 atom stereocenters. The minimum atomic E-state index is -1.06. The van der Waals surface area contributed by atoms with Crippen LogP contribution in [-0.4, -0.2) is 38.1 Å². The van der Waals surface area contributed by atoms with Gasteiger partial charge >= 0.3 is 5.97 Å².